The van der Waals surface area contributed by atoms with Gasteiger partial charge in [0.15, 0.2) is 17.0 Å². The maximum Gasteiger partial charge on any atom is 0.266 e. The molecule has 3 aromatic heterocycles. The van der Waals surface area contributed by atoms with Crippen LogP contribution in [0.1, 0.15) is 17.0 Å². The first kappa shape index (κ1) is 19.9. The van der Waals surface area contributed by atoms with Crippen molar-refractivity contribution in [2.75, 3.05) is 19.0 Å². The van der Waals surface area contributed by atoms with Gasteiger partial charge in [0.1, 0.15) is 12.2 Å². The number of fused-ring (bicyclic) bond motifs is 2. The molecule has 8 heteroatoms. The smallest absolute Gasteiger partial charge is 0.266 e. The first-order chi connectivity index (χ1) is 15.5. The summed E-state index contributed by atoms with van der Waals surface area (Å²) in [6, 6.07) is 13.6. The van der Waals surface area contributed by atoms with E-state index in [4.69, 9.17) is 4.98 Å². The Morgan fingerprint density at radius 3 is 2.50 bits per heavy atom. The van der Waals surface area contributed by atoms with Crippen molar-refractivity contribution in [3.05, 3.63) is 82.4 Å². The van der Waals surface area contributed by atoms with E-state index in [1.165, 1.54) is 6.33 Å². The Morgan fingerprint density at radius 2 is 1.72 bits per heavy atom. The highest BCUT2D eigenvalue weighted by molar-refractivity contribution is 5.83. The van der Waals surface area contributed by atoms with Crippen molar-refractivity contribution >= 4 is 27.9 Å². The Hall–Kier alpha value is -4.07. The van der Waals surface area contributed by atoms with Gasteiger partial charge in [-0.05, 0) is 37.1 Å². The number of nitrogens with zero attached hydrogens (tertiary/aromatic N) is 7. The van der Waals surface area contributed by atoms with Crippen LogP contribution in [-0.4, -0.2) is 43.2 Å². The standard InChI is InChI=1S/C24H23N7O/c1-15-8-5-6-11-18(15)31-19(28-17-10-7-9-16(2)20(17)24(31)32)12-30-14-27-21-22(29(3)4)25-13-26-23(21)30/h5-11,13-14H,12H2,1-4H3. The van der Waals surface area contributed by atoms with E-state index in [0.29, 0.717) is 34.4 Å². The number of hydrogen-bond acceptors (Lipinski definition) is 6. The summed E-state index contributed by atoms with van der Waals surface area (Å²) in [7, 11) is 3.84. The fourth-order valence-electron chi connectivity index (χ4n) is 4.07. The summed E-state index contributed by atoms with van der Waals surface area (Å²) in [4.78, 5) is 33.9. The van der Waals surface area contributed by atoms with E-state index in [2.05, 4.69) is 15.0 Å². The summed E-state index contributed by atoms with van der Waals surface area (Å²) in [6.45, 7) is 4.28. The van der Waals surface area contributed by atoms with Crippen LogP contribution in [0.25, 0.3) is 27.8 Å². The van der Waals surface area contributed by atoms with E-state index in [-0.39, 0.29) is 5.56 Å². The minimum Gasteiger partial charge on any atom is -0.361 e. The zero-order chi connectivity index (χ0) is 22.4. The average molecular weight is 425 g/mol. The zero-order valence-corrected chi connectivity index (χ0v) is 18.4. The number of imidazole rings is 1. The molecule has 32 heavy (non-hydrogen) atoms. The minimum atomic E-state index is -0.0783. The molecule has 0 aliphatic heterocycles. The van der Waals surface area contributed by atoms with Crippen LogP contribution in [0.15, 0.2) is 59.9 Å². The Bertz CT molecular complexity index is 1530. The highest BCUT2D eigenvalue weighted by Crippen LogP contribution is 2.22. The third kappa shape index (κ3) is 3.11. The fourth-order valence-corrected chi connectivity index (χ4v) is 4.07. The monoisotopic (exact) mass is 425 g/mol. The van der Waals surface area contributed by atoms with Crippen LogP contribution in [0.4, 0.5) is 5.82 Å². The third-order valence-electron chi connectivity index (χ3n) is 5.65. The molecule has 0 spiro atoms. The van der Waals surface area contributed by atoms with Crippen molar-refractivity contribution in [2.45, 2.75) is 20.4 Å². The van der Waals surface area contributed by atoms with Crippen molar-refractivity contribution < 1.29 is 0 Å². The second-order valence-corrected chi connectivity index (χ2v) is 8.06. The third-order valence-corrected chi connectivity index (χ3v) is 5.65. The normalized spacial score (nSPS) is 11.4. The van der Waals surface area contributed by atoms with Crippen LogP contribution in [0.3, 0.4) is 0 Å². The number of rotatable bonds is 4. The Kier molecular flexibility index (Phi) is 4.70. The van der Waals surface area contributed by atoms with Crippen molar-refractivity contribution in [1.82, 2.24) is 29.1 Å². The topological polar surface area (TPSA) is 81.7 Å². The van der Waals surface area contributed by atoms with Crippen LogP contribution in [0.5, 0.6) is 0 Å². The van der Waals surface area contributed by atoms with Gasteiger partial charge < -0.3 is 9.47 Å². The molecule has 0 radical (unpaired) electrons. The molecule has 8 nitrogen and oxygen atoms in total. The number of para-hydroxylation sites is 1. The molecule has 0 aliphatic rings. The number of benzene rings is 2. The summed E-state index contributed by atoms with van der Waals surface area (Å²) in [5, 5.41) is 0.632. The first-order valence-corrected chi connectivity index (χ1v) is 10.4. The predicted octanol–water partition coefficient (Wildman–Crippen LogP) is 3.26. The minimum absolute atomic E-state index is 0.0783. The van der Waals surface area contributed by atoms with Gasteiger partial charge in [-0.3, -0.25) is 9.36 Å². The number of aromatic nitrogens is 6. The summed E-state index contributed by atoms with van der Waals surface area (Å²) < 4.78 is 3.62. The molecule has 0 atom stereocenters. The number of aryl methyl sites for hydroxylation is 2. The van der Waals surface area contributed by atoms with Gasteiger partial charge in [-0.15, -0.1) is 0 Å². The van der Waals surface area contributed by atoms with E-state index in [9.17, 15) is 4.79 Å². The Balaban J connectivity index is 1.77. The molecular formula is C24H23N7O. The van der Waals surface area contributed by atoms with Crippen LogP contribution in [-0.2, 0) is 6.54 Å². The average Bonchev–Trinajstić information content (AvgIpc) is 3.17. The zero-order valence-electron chi connectivity index (χ0n) is 18.4. The lowest BCUT2D eigenvalue weighted by atomic mass is 10.1. The second-order valence-electron chi connectivity index (χ2n) is 8.06. The van der Waals surface area contributed by atoms with Gasteiger partial charge in [0.2, 0.25) is 0 Å². The molecule has 5 rings (SSSR count). The van der Waals surface area contributed by atoms with Crippen LogP contribution in [0.2, 0.25) is 0 Å². The lowest BCUT2D eigenvalue weighted by Gasteiger charge is -2.17. The summed E-state index contributed by atoms with van der Waals surface area (Å²) in [5.41, 5.74) is 4.73. The SMILES string of the molecule is Cc1ccccc1-n1c(Cn2cnc3c(N(C)C)ncnc32)nc2cccc(C)c2c1=O. The van der Waals surface area contributed by atoms with Gasteiger partial charge in [-0.2, -0.15) is 0 Å². The van der Waals surface area contributed by atoms with Crippen molar-refractivity contribution in [1.29, 1.82) is 0 Å². The molecule has 0 aliphatic carbocycles. The summed E-state index contributed by atoms with van der Waals surface area (Å²) in [6.07, 6.45) is 3.25. The molecule has 5 aromatic rings. The molecule has 0 bridgehead atoms. The highest BCUT2D eigenvalue weighted by Gasteiger charge is 2.18. The summed E-state index contributed by atoms with van der Waals surface area (Å²) in [5.74, 6) is 1.36. The molecule has 160 valence electrons. The number of anilines is 1. The van der Waals surface area contributed by atoms with Crippen LogP contribution < -0.4 is 10.5 Å². The van der Waals surface area contributed by atoms with E-state index < -0.39 is 0 Å². The molecule has 0 amide bonds. The quantitative estimate of drug-likeness (QED) is 0.440. The lowest BCUT2D eigenvalue weighted by Crippen LogP contribution is -2.26. The van der Waals surface area contributed by atoms with E-state index in [1.54, 1.807) is 10.9 Å². The Labute approximate surface area is 184 Å². The van der Waals surface area contributed by atoms with E-state index in [1.807, 2.05) is 79.9 Å². The summed E-state index contributed by atoms with van der Waals surface area (Å²) >= 11 is 0. The molecule has 0 unspecified atom stereocenters. The van der Waals surface area contributed by atoms with Gasteiger partial charge in [0.25, 0.3) is 5.56 Å². The van der Waals surface area contributed by atoms with Crippen LogP contribution >= 0.6 is 0 Å². The largest absolute Gasteiger partial charge is 0.361 e. The molecule has 2 aromatic carbocycles. The molecule has 0 saturated heterocycles. The maximum absolute atomic E-state index is 13.7. The van der Waals surface area contributed by atoms with E-state index in [0.717, 1.165) is 22.6 Å². The van der Waals surface area contributed by atoms with Crippen LogP contribution in [0, 0.1) is 13.8 Å². The fraction of sp³-hybridized carbons (Fsp3) is 0.208. The van der Waals surface area contributed by atoms with Gasteiger partial charge >= 0.3 is 0 Å². The van der Waals surface area contributed by atoms with Crippen molar-refractivity contribution in [3.8, 4) is 5.69 Å². The molecule has 0 N–H and O–H groups in total. The Morgan fingerprint density at radius 1 is 0.938 bits per heavy atom. The molecule has 0 saturated carbocycles. The van der Waals surface area contributed by atoms with Crippen molar-refractivity contribution in [3.63, 3.8) is 0 Å². The van der Waals surface area contributed by atoms with E-state index >= 15 is 0 Å². The van der Waals surface area contributed by atoms with Gasteiger partial charge in [0.05, 0.1) is 29.5 Å². The number of hydrogen-bond donors (Lipinski definition) is 0. The second kappa shape index (κ2) is 7.56. The first-order valence-electron chi connectivity index (χ1n) is 10.4. The van der Waals surface area contributed by atoms with Gasteiger partial charge in [-0.1, -0.05) is 30.3 Å². The van der Waals surface area contributed by atoms with Crippen molar-refractivity contribution in [2.24, 2.45) is 0 Å². The lowest BCUT2D eigenvalue weighted by molar-refractivity contribution is 0.716. The van der Waals surface area contributed by atoms with Gasteiger partial charge in [-0.25, -0.2) is 19.9 Å². The van der Waals surface area contributed by atoms with Gasteiger partial charge in [0, 0.05) is 14.1 Å². The molecule has 0 fully saturated rings. The molecule has 3 heterocycles. The maximum atomic E-state index is 13.7. The predicted molar refractivity (Wildman–Crippen MR) is 126 cm³/mol. The molecular weight excluding hydrogens is 402 g/mol. The highest BCUT2D eigenvalue weighted by atomic mass is 16.1.